The fourth-order valence-electron chi connectivity index (χ4n) is 5.08. The van der Waals surface area contributed by atoms with E-state index in [1.807, 2.05) is 13.0 Å². The summed E-state index contributed by atoms with van der Waals surface area (Å²) in [6.45, 7) is 11.7. The van der Waals surface area contributed by atoms with E-state index in [4.69, 9.17) is 4.74 Å². The molecule has 1 aliphatic rings. The molecular formula is C30H37N3O. The lowest BCUT2D eigenvalue weighted by Gasteiger charge is -2.34. The highest BCUT2D eigenvalue weighted by molar-refractivity contribution is 5.88. The van der Waals surface area contributed by atoms with E-state index in [2.05, 4.69) is 77.4 Å². The molecule has 4 heteroatoms. The molecule has 1 aliphatic heterocycles. The van der Waals surface area contributed by atoms with E-state index < -0.39 is 0 Å². The Bertz CT molecular complexity index is 1110. The van der Waals surface area contributed by atoms with Gasteiger partial charge >= 0.3 is 0 Å². The lowest BCUT2D eigenvalue weighted by atomic mass is 9.90. The maximum atomic E-state index is 9.18. The fourth-order valence-corrected chi connectivity index (χ4v) is 5.08. The molecule has 3 aromatic carbocycles. The number of rotatable bonds is 10. The van der Waals surface area contributed by atoms with Crippen molar-refractivity contribution in [3.05, 3.63) is 77.4 Å². The average Bonchev–Trinajstić information content (AvgIpc) is 2.87. The predicted octanol–water partition coefficient (Wildman–Crippen LogP) is 5.99. The van der Waals surface area contributed by atoms with Gasteiger partial charge in [-0.1, -0.05) is 55.5 Å². The first-order chi connectivity index (χ1) is 16.7. The predicted molar refractivity (Wildman–Crippen MR) is 140 cm³/mol. The first kappa shape index (κ1) is 24.3. The zero-order chi connectivity index (χ0) is 23.8. The van der Waals surface area contributed by atoms with Gasteiger partial charge in [-0.15, -0.1) is 0 Å². The third-order valence-electron chi connectivity index (χ3n) is 7.24. The minimum absolute atomic E-state index is 0.582. The minimum Gasteiger partial charge on any atom is -0.492 e. The fraction of sp³-hybridized carbons (Fsp3) is 0.433. The maximum absolute atomic E-state index is 9.18. The van der Waals surface area contributed by atoms with E-state index in [1.54, 1.807) is 0 Å². The first-order valence-corrected chi connectivity index (χ1v) is 12.7. The zero-order valence-corrected chi connectivity index (χ0v) is 20.7. The number of piperazine rings is 1. The molecule has 1 saturated heterocycles. The maximum Gasteiger partial charge on any atom is 0.127 e. The molecule has 4 nitrogen and oxygen atoms in total. The summed E-state index contributed by atoms with van der Waals surface area (Å²) in [6.07, 6.45) is 3.58. The Balaban J connectivity index is 1.16. The van der Waals surface area contributed by atoms with Gasteiger partial charge in [0, 0.05) is 38.1 Å². The molecule has 178 valence electrons. The van der Waals surface area contributed by atoms with Crippen LogP contribution in [0.1, 0.15) is 48.8 Å². The smallest absolute Gasteiger partial charge is 0.127 e. The Labute approximate surface area is 204 Å². The van der Waals surface area contributed by atoms with Crippen molar-refractivity contribution in [1.82, 2.24) is 9.80 Å². The SMILES string of the molecule is CCC(CCCN1CCN(CCOc2cccc3ccccc23)CC1)c1ccc(C#N)c(C)c1. The van der Waals surface area contributed by atoms with Crippen LogP contribution < -0.4 is 4.74 Å². The van der Waals surface area contributed by atoms with Gasteiger partial charge in [-0.05, 0) is 67.3 Å². The Hall–Kier alpha value is -2.87. The van der Waals surface area contributed by atoms with E-state index in [9.17, 15) is 5.26 Å². The number of nitrogens with zero attached hydrogens (tertiary/aromatic N) is 3. The van der Waals surface area contributed by atoms with Crippen molar-refractivity contribution in [2.45, 2.75) is 39.0 Å². The molecule has 1 unspecified atom stereocenters. The summed E-state index contributed by atoms with van der Waals surface area (Å²) in [6, 6.07) is 23.3. The van der Waals surface area contributed by atoms with Gasteiger partial charge in [0.05, 0.1) is 11.6 Å². The van der Waals surface area contributed by atoms with Crippen LogP contribution in [-0.2, 0) is 0 Å². The van der Waals surface area contributed by atoms with Gasteiger partial charge in [0.1, 0.15) is 12.4 Å². The first-order valence-electron chi connectivity index (χ1n) is 12.7. The molecular weight excluding hydrogens is 418 g/mol. The third kappa shape index (κ3) is 6.17. The largest absolute Gasteiger partial charge is 0.492 e. The Morgan fingerprint density at radius 3 is 2.41 bits per heavy atom. The number of hydrogen-bond acceptors (Lipinski definition) is 4. The molecule has 0 aliphatic carbocycles. The zero-order valence-electron chi connectivity index (χ0n) is 20.7. The lowest BCUT2D eigenvalue weighted by molar-refractivity contribution is 0.115. The molecule has 0 spiro atoms. The van der Waals surface area contributed by atoms with Crippen LogP contribution in [-0.4, -0.2) is 55.7 Å². The van der Waals surface area contributed by atoms with Crippen molar-refractivity contribution in [1.29, 1.82) is 5.26 Å². The Morgan fingerprint density at radius 1 is 0.941 bits per heavy atom. The second-order valence-electron chi connectivity index (χ2n) is 9.44. The number of fused-ring (bicyclic) bond motifs is 1. The van der Waals surface area contributed by atoms with E-state index >= 15 is 0 Å². The van der Waals surface area contributed by atoms with Crippen LogP contribution in [0.15, 0.2) is 60.7 Å². The van der Waals surface area contributed by atoms with Crippen LogP contribution in [0.25, 0.3) is 10.8 Å². The summed E-state index contributed by atoms with van der Waals surface area (Å²) in [4.78, 5) is 5.13. The van der Waals surface area contributed by atoms with Crippen LogP contribution in [0.4, 0.5) is 0 Å². The number of ether oxygens (including phenoxy) is 1. The van der Waals surface area contributed by atoms with Crippen LogP contribution >= 0.6 is 0 Å². The highest BCUT2D eigenvalue weighted by atomic mass is 16.5. The highest BCUT2D eigenvalue weighted by Gasteiger charge is 2.17. The van der Waals surface area contributed by atoms with Crippen LogP contribution in [0.3, 0.4) is 0 Å². The average molecular weight is 456 g/mol. The monoisotopic (exact) mass is 455 g/mol. The molecule has 0 bridgehead atoms. The van der Waals surface area contributed by atoms with Crippen molar-refractivity contribution >= 4 is 10.8 Å². The van der Waals surface area contributed by atoms with E-state index in [0.717, 1.165) is 62.6 Å². The van der Waals surface area contributed by atoms with Gasteiger partial charge in [-0.25, -0.2) is 0 Å². The minimum atomic E-state index is 0.582. The van der Waals surface area contributed by atoms with Crippen LogP contribution in [0.2, 0.25) is 0 Å². The molecule has 0 aromatic heterocycles. The van der Waals surface area contributed by atoms with Crippen molar-refractivity contribution < 1.29 is 4.74 Å². The Kier molecular flexibility index (Phi) is 8.57. The summed E-state index contributed by atoms with van der Waals surface area (Å²) < 4.78 is 6.14. The molecule has 4 rings (SSSR count). The molecule has 0 N–H and O–H groups in total. The van der Waals surface area contributed by atoms with Gasteiger partial charge in [-0.2, -0.15) is 5.26 Å². The van der Waals surface area contributed by atoms with E-state index in [-0.39, 0.29) is 0 Å². The molecule has 1 heterocycles. The molecule has 0 saturated carbocycles. The highest BCUT2D eigenvalue weighted by Crippen LogP contribution is 2.27. The number of aryl methyl sites for hydroxylation is 1. The van der Waals surface area contributed by atoms with Crippen molar-refractivity contribution in [2.75, 3.05) is 45.9 Å². The normalized spacial score (nSPS) is 15.8. The third-order valence-corrected chi connectivity index (χ3v) is 7.24. The Morgan fingerprint density at radius 2 is 1.68 bits per heavy atom. The van der Waals surface area contributed by atoms with Crippen LogP contribution in [0.5, 0.6) is 5.75 Å². The second-order valence-corrected chi connectivity index (χ2v) is 9.44. The van der Waals surface area contributed by atoms with Gasteiger partial charge in [0.25, 0.3) is 0 Å². The molecule has 1 atom stereocenters. The van der Waals surface area contributed by atoms with Crippen molar-refractivity contribution in [2.24, 2.45) is 0 Å². The summed E-state index contributed by atoms with van der Waals surface area (Å²) in [7, 11) is 0. The van der Waals surface area contributed by atoms with Gasteiger partial charge in [0.15, 0.2) is 0 Å². The molecule has 0 radical (unpaired) electrons. The van der Waals surface area contributed by atoms with Gasteiger partial charge < -0.3 is 9.64 Å². The topological polar surface area (TPSA) is 39.5 Å². The number of benzene rings is 3. The van der Waals surface area contributed by atoms with Gasteiger partial charge in [0.2, 0.25) is 0 Å². The summed E-state index contributed by atoms with van der Waals surface area (Å²) in [5, 5.41) is 11.6. The molecule has 1 fully saturated rings. The van der Waals surface area contributed by atoms with Crippen molar-refractivity contribution in [3.8, 4) is 11.8 Å². The number of nitriles is 1. The summed E-state index contributed by atoms with van der Waals surface area (Å²) >= 11 is 0. The quantitative estimate of drug-likeness (QED) is 0.376. The van der Waals surface area contributed by atoms with Crippen molar-refractivity contribution in [3.63, 3.8) is 0 Å². The lowest BCUT2D eigenvalue weighted by Crippen LogP contribution is -2.47. The van der Waals surface area contributed by atoms with E-state index in [0.29, 0.717) is 5.92 Å². The molecule has 3 aromatic rings. The second kappa shape index (κ2) is 12.0. The summed E-state index contributed by atoms with van der Waals surface area (Å²) in [5.41, 5.74) is 3.27. The standard InChI is InChI=1S/C30H37N3O/c1-3-25(27-13-14-28(23-31)24(2)22-27)10-7-15-32-16-18-33(19-17-32)20-21-34-30-12-6-9-26-8-4-5-11-29(26)30/h4-6,8-9,11-14,22,25H,3,7,10,15-21H2,1-2H3. The van der Waals surface area contributed by atoms with E-state index in [1.165, 1.54) is 35.7 Å². The van der Waals surface area contributed by atoms with Crippen LogP contribution in [0, 0.1) is 18.3 Å². The number of hydrogen-bond donors (Lipinski definition) is 0. The molecule has 0 amide bonds. The van der Waals surface area contributed by atoms with Gasteiger partial charge in [-0.3, -0.25) is 4.90 Å². The molecule has 34 heavy (non-hydrogen) atoms. The summed E-state index contributed by atoms with van der Waals surface area (Å²) in [5.74, 6) is 1.57.